The second-order valence-corrected chi connectivity index (χ2v) is 7.90. The van der Waals surface area contributed by atoms with Gasteiger partial charge >= 0.3 is 5.97 Å². The number of carbonyl (C=O) groups is 1. The molecule has 0 radical (unpaired) electrons. The molecule has 31 heavy (non-hydrogen) atoms. The van der Waals surface area contributed by atoms with Crippen molar-refractivity contribution < 1.29 is 23.4 Å². The smallest absolute Gasteiger partial charge is 0.306 e. The highest BCUT2D eigenvalue weighted by Gasteiger charge is 2.33. The van der Waals surface area contributed by atoms with E-state index in [0.717, 1.165) is 50.0 Å². The zero-order valence-electron chi connectivity index (χ0n) is 18.6. The Labute approximate surface area is 184 Å². The van der Waals surface area contributed by atoms with Crippen molar-refractivity contribution in [2.24, 2.45) is 5.92 Å². The number of ether oxygens (including phenoxy) is 3. The Morgan fingerprint density at radius 3 is 2.42 bits per heavy atom. The maximum atomic E-state index is 13.1. The van der Waals surface area contributed by atoms with Gasteiger partial charge in [-0.05, 0) is 56.1 Å². The monoisotopic (exact) mass is 429 g/mol. The number of halogens is 1. The maximum Gasteiger partial charge on any atom is 0.306 e. The minimum absolute atomic E-state index is 0.204. The number of esters is 1. The number of hydrogen-bond donors (Lipinski definition) is 0. The molecule has 1 aliphatic rings. The molecule has 0 aromatic heterocycles. The van der Waals surface area contributed by atoms with Gasteiger partial charge in [0.05, 0.1) is 14.2 Å². The summed E-state index contributed by atoms with van der Waals surface area (Å²) in [4.78, 5) is 14.6. The Morgan fingerprint density at radius 1 is 1.10 bits per heavy atom. The first-order valence-corrected chi connectivity index (χ1v) is 10.9. The predicted octanol–water partition coefficient (Wildman–Crippen LogP) is 4.79. The fourth-order valence-corrected chi connectivity index (χ4v) is 4.19. The molecule has 1 atom stereocenters. The van der Waals surface area contributed by atoms with Gasteiger partial charge < -0.3 is 19.1 Å². The predicted molar refractivity (Wildman–Crippen MR) is 118 cm³/mol. The molecule has 1 fully saturated rings. The number of para-hydroxylation sites is 1. The molecule has 0 bridgehead atoms. The molecular weight excluding hydrogens is 397 g/mol. The number of hydrogen-bond acceptors (Lipinski definition) is 5. The van der Waals surface area contributed by atoms with Crippen LogP contribution >= 0.6 is 0 Å². The molecule has 2 aromatic rings. The summed E-state index contributed by atoms with van der Waals surface area (Å²) in [6.45, 7) is 4.59. The van der Waals surface area contributed by atoms with Crippen LogP contribution in [0.4, 0.5) is 4.39 Å². The Hall–Kier alpha value is -2.60. The molecular formula is C25H32FNO4. The van der Waals surface area contributed by atoms with Crippen molar-refractivity contribution in [1.29, 1.82) is 0 Å². The number of methoxy groups -OCH3 is 2. The summed E-state index contributed by atoms with van der Waals surface area (Å²) in [5.41, 5.74) is 1.99. The van der Waals surface area contributed by atoms with Gasteiger partial charge in [0.15, 0.2) is 11.5 Å². The lowest BCUT2D eigenvalue weighted by atomic mass is 9.86. The molecule has 168 valence electrons. The van der Waals surface area contributed by atoms with Crippen molar-refractivity contribution in [1.82, 2.24) is 4.90 Å². The third kappa shape index (κ3) is 5.97. The van der Waals surface area contributed by atoms with Crippen molar-refractivity contribution >= 4 is 5.97 Å². The van der Waals surface area contributed by atoms with Gasteiger partial charge in [0, 0.05) is 24.4 Å². The van der Waals surface area contributed by atoms with E-state index in [1.165, 1.54) is 12.1 Å². The van der Waals surface area contributed by atoms with Gasteiger partial charge in [0.1, 0.15) is 11.9 Å². The Morgan fingerprint density at radius 2 is 1.81 bits per heavy atom. The highest BCUT2D eigenvalue weighted by Crippen LogP contribution is 2.42. The topological polar surface area (TPSA) is 48.0 Å². The van der Waals surface area contributed by atoms with E-state index in [1.807, 2.05) is 30.3 Å². The van der Waals surface area contributed by atoms with Gasteiger partial charge in [-0.3, -0.25) is 4.79 Å². The normalized spacial score (nSPS) is 16.0. The van der Waals surface area contributed by atoms with Crippen LogP contribution in [0.25, 0.3) is 0 Å². The summed E-state index contributed by atoms with van der Waals surface area (Å²) in [7, 11) is 3.21. The van der Waals surface area contributed by atoms with Gasteiger partial charge in [-0.25, -0.2) is 4.39 Å². The summed E-state index contributed by atoms with van der Waals surface area (Å²) in [5, 5.41) is 0. The molecule has 2 aromatic carbocycles. The quantitative estimate of drug-likeness (QED) is 0.537. The molecule has 3 rings (SSSR count). The molecule has 5 nitrogen and oxygen atoms in total. The average Bonchev–Trinajstić information content (AvgIpc) is 2.81. The van der Waals surface area contributed by atoms with Gasteiger partial charge in [-0.15, -0.1) is 0 Å². The van der Waals surface area contributed by atoms with Crippen molar-refractivity contribution in [3.8, 4) is 11.5 Å². The number of rotatable bonds is 9. The van der Waals surface area contributed by atoms with E-state index in [-0.39, 0.29) is 23.8 Å². The molecule has 0 N–H and O–H groups in total. The first kappa shape index (κ1) is 23.1. The van der Waals surface area contributed by atoms with E-state index in [0.29, 0.717) is 17.9 Å². The summed E-state index contributed by atoms with van der Waals surface area (Å²) < 4.78 is 30.1. The van der Waals surface area contributed by atoms with Crippen LogP contribution in [0.3, 0.4) is 0 Å². The van der Waals surface area contributed by atoms with E-state index in [2.05, 4.69) is 4.90 Å². The lowest BCUT2D eigenvalue weighted by molar-refractivity contribution is -0.153. The lowest BCUT2D eigenvalue weighted by Crippen LogP contribution is -2.37. The number of likely N-dealkylation sites (tertiary alicyclic amines) is 1. The highest BCUT2D eigenvalue weighted by atomic mass is 19.1. The van der Waals surface area contributed by atoms with Gasteiger partial charge in [-0.2, -0.15) is 0 Å². The van der Waals surface area contributed by atoms with Crippen LogP contribution in [0.2, 0.25) is 0 Å². The maximum absolute atomic E-state index is 13.1. The van der Waals surface area contributed by atoms with E-state index in [1.54, 1.807) is 21.1 Å². The third-order valence-corrected chi connectivity index (χ3v) is 5.98. The van der Waals surface area contributed by atoms with Crippen LogP contribution in [0, 0.1) is 11.7 Å². The second-order valence-electron chi connectivity index (χ2n) is 7.90. The SMILES string of the molecule is CCC(=O)O[C@@H](c1cccc(OC)c1OC)C1CCN(CCc2ccc(F)cc2)CC1. The molecule has 0 unspecified atom stereocenters. The zero-order chi connectivity index (χ0) is 22.2. The zero-order valence-corrected chi connectivity index (χ0v) is 18.6. The summed E-state index contributed by atoms with van der Waals surface area (Å²) >= 11 is 0. The summed E-state index contributed by atoms with van der Waals surface area (Å²) in [6.07, 6.45) is 2.70. The van der Waals surface area contributed by atoms with Gasteiger partial charge in [0.25, 0.3) is 0 Å². The van der Waals surface area contributed by atoms with Gasteiger partial charge in [0.2, 0.25) is 0 Å². The highest BCUT2D eigenvalue weighted by molar-refractivity contribution is 5.69. The standard InChI is InChI=1S/C25H32FNO4/c1-4-23(28)31-24(21-6-5-7-22(29-2)25(21)30-3)19-13-16-27(17-14-19)15-12-18-8-10-20(26)11-9-18/h5-11,19,24H,4,12-17H2,1-3H3/t24-/m1/s1. The Kier molecular flexibility index (Phi) is 8.29. The largest absolute Gasteiger partial charge is 0.493 e. The molecule has 1 heterocycles. The van der Waals surface area contributed by atoms with Crippen LogP contribution < -0.4 is 9.47 Å². The summed E-state index contributed by atoms with van der Waals surface area (Å²) in [6, 6.07) is 12.4. The van der Waals surface area contributed by atoms with Crippen molar-refractivity contribution in [2.45, 2.75) is 38.7 Å². The molecule has 0 amide bonds. The molecule has 0 spiro atoms. The van der Waals surface area contributed by atoms with Gasteiger partial charge in [-0.1, -0.05) is 31.2 Å². The number of piperidine rings is 1. The molecule has 6 heteroatoms. The Bertz CT molecular complexity index is 847. The summed E-state index contributed by atoms with van der Waals surface area (Å²) in [5.74, 6) is 1.05. The Balaban J connectivity index is 1.68. The fraction of sp³-hybridized carbons (Fsp3) is 0.480. The first-order chi connectivity index (χ1) is 15.0. The molecule has 0 aliphatic carbocycles. The fourth-order valence-electron chi connectivity index (χ4n) is 4.19. The second kappa shape index (κ2) is 11.1. The van der Waals surface area contributed by atoms with Crippen molar-refractivity contribution in [3.05, 3.63) is 59.4 Å². The molecule has 1 aliphatic heterocycles. The molecule has 0 saturated carbocycles. The third-order valence-electron chi connectivity index (χ3n) is 5.98. The number of carbonyl (C=O) groups excluding carboxylic acids is 1. The van der Waals surface area contributed by atoms with E-state index in [4.69, 9.17) is 14.2 Å². The first-order valence-electron chi connectivity index (χ1n) is 10.9. The average molecular weight is 430 g/mol. The van der Waals surface area contributed by atoms with Crippen molar-refractivity contribution in [3.63, 3.8) is 0 Å². The van der Waals surface area contributed by atoms with E-state index in [9.17, 15) is 9.18 Å². The van der Waals surface area contributed by atoms with Crippen LogP contribution in [-0.4, -0.2) is 44.7 Å². The van der Waals surface area contributed by atoms with Crippen LogP contribution in [0.5, 0.6) is 11.5 Å². The van der Waals surface area contributed by atoms with E-state index >= 15 is 0 Å². The van der Waals surface area contributed by atoms with Crippen LogP contribution in [-0.2, 0) is 16.0 Å². The van der Waals surface area contributed by atoms with Crippen LogP contribution in [0.1, 0.15) is 43.4 Å². The molecule has 1 saturated heterocycles. The number of nitrogens with zero attached hydrogens (tertiary/aromatic N) is 1. The van der Waals surface area contributed by atoms with Crippen molar-refractivity contribution in [2.75, 3.05) is 33.9 Å². The van der Waals surface area contributed by atoms with E-state index < -0.39 is 0 Å². The lowest BCUT2D eigenvalue weighted by Gasteiger charge is -2.36. The van der Waals surface area contributed by atoms with Crippen LogP contribution in [0.15, 0.2) is 42.5 Å². The number of benzene rings is 2. The minimum atomic E-state index is -0.364. The minimum Gasteiger partial charge on any atom is -0.493 e.